The van der Waals surface area contributed by atoms with Crippen molar-refractivity contribution in [2.45, 2.75) is 66.0 Å². The van der Waals surface area contributed by atoms with E-state index in [4.69, 9.17) is 5.73 Å². The molecular weight excluding hydrogens is 242 g/mol. The highest BCUT2D eigenvalue weighted by Gasteiger charge is 2.30. The van der Waals surface area contributed by atoms with E-state index in [0.29, 0.717) is 6.54 Å². The lowest BCUT2D eigenvalue weighted by molar-refractivity contribution is -0.133. The summed E-state index contributed by atoms with van der Waals surface area (Å²) < 4.78 is 0. The van der Waals surface area contributed by atoms with E-state index in [2.05, 4.69) is 10.6 Å². The third-order valence-electron chi connectivity index (χ3n) is 3.55. The van der Waals surface area contributed by atoms with E-state index in [1.807, 2.05) is 34.6 Å². The molecule has 0 spiro atoms. The van der Waals surface area contributed by atoms with Crippen LogP contribution < -0.4 is 16.4 Å². The number of carbonyl (C=O) groups excluding carboxylic acids is 2. The summed E-state index contributed by atoms with van der Waals surface area (Å²) in [5, 5.41) is 5.68. The SMILES string of the molecule is CCC(CC)(CN)NC(=O)C(C)NC(=O)C(C)(C)C. The molecule has 0 rings (SSSR count). The smallest absolute Gasteiger partial charge is 0.242 e. The molecule has 0 aliphatic rings. The first-order valence-electron chi connectivity index (χ1n) is 6.95. The van der Waals surface area contributed by atoms with E-state index in [9.17, 15) is 9.59 Å². The Morgan fingerprint density at radius 3 is 1.95 bits per heavy atom. The number of hydrogen-bond donors (Lipinski definition) is 3. The molecule has 0 saturated heterocycles. The van der Waals surface area contributed by atoms with Crippen molar-refractivity contribution in [3.8, 4) is 0 Å². The molecule has 2 amide bonds. The van der Waals surface area contributed by atoms with E-state index in [0.717, 1.165) is 12.8 Å². The minimum Gasteiger partial charge on any atom is -0.348 e. The van der Waals surface area contributed by atoms with E-state index < -0.39 is 11.5 Å². The highest BCUT2D eigenvalue weighted by molar-refractivity contribution is 5.89. The Bertz CT molecular complexity index is 309. The highest BCUT2D eigenvalue weighted by Crippen LogP contribution is 2.15. The minimum absolute atomic E-state index is 0.138. The van der Waals surface area contributed by atoms with Gasteiger partial charge in [0.1, 0.15) is 6.04 Å². The number of carbonyl (C=O) groups is 2. The average molecular weight is 271 g/mol. The van der Waals surface area contributed by atoms with Gasteiger partial charge in [0.25, 0.3) is 0 Å². The van der Waals surface area contributed by atoms with Crippen LogP contribution >= 0.6 is 0 Å². The summed E-state index contributed by atoms with van der Waals surface area (Å²) in [5.41, 5.74) is 4.86. The number of amides is 2. The molecular formula is C14H29N3O2. The second-order valence-corrected chi connectivity index (χ2v) is 6.13. The molecule has 0 fully saturated rings. The van der Waals surface area contributed by atoms with Gasteiger partial charge < -0.3 is 16.4 Å². The Morgan fingerprint density at radius 2 is 1.63 bits per heavy atom. The second-order valence-electron chi connectivity index (χ2n) is 6.13. The topological polar surface area (TPSA) is 84.2 Å². The van der Waals surface area contributed by atoms with Crippen molar-refractivity contribution in [3.63, 3.8) is 0 Å². The van der Waals surface area contributed by atoms with Crippen molar-refractivity contribution in [1.29, 1.82) is 0 Å². The number of hydrogen-bond acceptors (Lipinski definition) is 3. The second kappa shape index (κ2) is 6.89. The lowest BCUT2D eigenvalue weighted by atomic mass is 9.92. The van der Waals surface area contributed by atoms with Crippen molar-refractivity contribution >= 4 is 11.8 Å². The Kier molecular flexibility index (Phi) is 6.49. The van der Waals surface area contributed by atoms with Gasteiger partial charge in [-0.15, -0.1) is 0 Å². The third kappa shape index (κ3) is 5.19. The number of rotatable bonds is 6. The van der Waals surface area contributed by atoms with Gasteiger partial charge in [-0.2, -0.15) is 0 Å². The summed E-state index contributed by atoms with van der Waals surface area (Å²) in [7, 11) is 0. The standard InChI is InChI=1S/C14H29N3O2/c1-7-14(8-2,9-15)17-11(18)10(3)16-12(19)13(4,5)6/h10H,7-9,15H2,1-6H3,(H,16,19)(H,17,18). The summed E-state index contributed by atoms with van der Waals surface area (Å²) in [4.78, 5) is 24.0. The lowest BCUT2D eigenvalue weighted by Gasteiger charge is -2.33. The summed E-state index contributed by atoms with van der Waals surface area (Å²) in [6.45, 7) is 11.5. The van der Waals surface area contributed by atoms with Gasteiger partial charge in [0.15, 0.2) is 0 Å². The number of nitrogens with two attached hydrogens (primary N) is 1. The van der Waals surface area contributed by atoms with E-state index in [1.165, 1.54) is 0 Å². The van der Waals surface area contributed by atoms with Gasteiger partial charge in [-0.1, -0.05) is 34.6 Å². The first kappa shape index (κ1) is 17.9. The minimum atomic E-state index is -0.559. The Labute approximate surface area is 116 Å². The predicted molar refractivity (Wildman–Crippen MR) is 77.6 cm³/mol. The Hall–Kier alpha value is -1.10. The van der Waals surface area contributed by atoms with Crippen LogP contribution in [0.15, 0.2) is 0 Å². The van der Waals surface area contributed by atoms with Crippen molar-refractivity contribution < 1.29 is 9.59 Å². The Balaban J connectivity index is 4.63. The van der Waals surface area contributed by atoms with Gasteiger partial charge in [0.05, 0.1) is 5.54 Å². The van der Waals surface area contributed by atoms with Crippen LogP contribution in [-0.4, -0.2) is 29.9 Å². The first-order chi connectivity index (χ1) is 8.61. The van der Waals surface area contributed by atoms with Crippen LogP contribution in [0.1, 0.15) is 54.4 Å². The molecule has 0 aromatic carbocycles. The number of nitrogens with one attached hydrogen (secondary N) is 2. The van der Waals surface area contributed by atoms with Crippen molar-refractivity contribution in [1.82, 2.24) is 10.6 Å². The predicted octanol–water partition coefficient (Wildman–Crippen LogP) is 1.17. The van der Waals surface area contributed by atoms with E-state index in [-0.39, 0.29) is 17.4 Å². The van der Waals surface area contributed by atoms with Gasteiger partial charge in [-0.25, -0.2) is 0 Å². The maximum Gasteiger partial charge on any atom is 0.242 e. The fourth-order valence-corrected chi connectivity index (χ4v) is 1.61. The van der Waals surface area contributed by atoms with Crippen molar-refractivity contribution in [2.24, 2.45) is 11.1 Å². The zero-order valence-corrected chi connectivity index (χ0v) is 13.1. The lowest BCUT2D eigenvalue weighted by Crippen LogP contribution is -2.58. The fourth-order valence-electron chi connectivity index (χ4n) is 1.61. The monoisotopic (exact) mass is 271 g/mol. The molecule has 0 bridgehead atoms. The van der Waals surface area contributed by atoms with Crippen LogP contribution in [0, 0.1) is 5.41 Å². The summed E-state index contributed by atoms with van der Waals surface area (Å²) in [6, 6.07) is -0.559. The van der Waals surface area contributed by atoms with Gasteiger partial charge in [0.2, 0.25) is 11.8 Å². The molecule has 0 saturated carbocycles. The van der Waals surface area contributed by atoms with E-state index >= 15 is 0 Å². The molecule has 0 aliphatic carbocycles. The molecule has 0 aliphatic heterocycles. The largest absolute Gasteiger partial charge is 0.348 e. The zero-order chi connectivity index (χ0) is 15.3. The molecule has 0 aromatic heterocycles. The van der Waals surface area contributed by atoms with Crippen molar-refractivity contribution in [3.05, 3.63) is 0 Å². The summed E-state index contributed by atoms with van der Waals surface area (Å²) >= 11 is 0. The zero-order valence-electron chi connectivity index (χ0n) is 13.1. The maximum absolute atomic E-state index is 12.1. The molecule has 1 unspecified atom stereocenters. The van der Waals surface area contributed by atoms with Gasteiger partial charge >= 0.3 is 0 Å². The normalized spacial score (nSPS) is 13.8. The van der Waals surface area contributed by atoms with Crippen LogP contribution in [0.4, 0.5) is 0 Å². The van der Waals surface area contributed by atoms with E-state index in [1.54, 1.807) is 6.92 Å². The van der Waals surface area contributed by atoms with Crippen LogP contribution in [0.5, 0.6) is 0 Å². The molecule has 0 heterocycles. The fraction of sp³-hybridized carbons (Fsp3) is 0.857. The van der Waals surface area contributed by atoms with Crippen molar-refractivity contribution in [2.75, 3.05) is 6.54 Å². The van der Waals surface area contributed by atoms with Crippen LogP contribution in [0.25, 0.3) is 0 Å². The maximum atomic E-state index is 12.1. The molecule has 112 valence electrons. The molecule has 4 N–H and O–H groups in total. The third-order valence-corrected chi connectivity index (χ3v) is 3.55. The highest BCUT2D eigenvalue weighted by atomic mass is 16.2. The molecule has 5 nitrogen and oxygen atoms in total. The summed E-state index contributed by atoms with van der Waals surface area (Å²) in [6.07, 6.45) is 1.54. The first-order valence-corrected chi connectivity index (χ1v) is 6.95. The van der Waals surface area contributed by atoms with Gasteiger partial charge in [-0.05, 0) is 19.8 Å². The van der Waals surface area contributed by atoms with Crippen LogP contribution in [0.3, 0.4) is 0 Å². The van der Waals surface area contributed by atoms with Gasteiger partial charge in [-0.3, -0.25) is 9.59 Å². The molecule has 5 heteroatoms. The Morgan fingerprint density at radius 1 is 1.16 bits per heavy atom. The summed E-state index contributed by atoms with van der Waals surface area (Å²) in [5.74, 6) is -0.326. The van der Waals surface area contributed by atoms with Crippen LogP contribution in [-0.2, 0) is 9.59 Å². The molecule has 1 atom stereocenters. The molecule has 0 radical (unpaired) electrons. The van der Waals surface area contributed by atoms with Crippen LogP contribution in [0.2, 0.25) is 0 Å². The average Bonchev–Trinajstić information content (AvgIpc) is 2.34. The molecule has 19 heavy (non-hydrogen) atoms. The van der Waals surface area contributed by atoms with Gasteiger partial charge in [0, 0.05) is 12.0 Å². The quantitative estimate of drug-likeness (QED) is 0.678. The molecule has 0 aromatic rings.